The van der Waals surface area contributed by atoms with Gasteiger partial charge in [-0.25, -0.2) is 0 Å². The molecule has 2 atom stereocenters. The van der Waals surface area contributed by atoms with Gasteiger partial charge < -0.3 is 14.6 Å². The smallest absolute Gasteiger partial charge is 0.308 e. The van der Waals surface area contributed by atoms with Crippen LogP contribution in [0.25, 0.3) is 0 Å². The molecule has 100 valence electrons. The van der Waals surface area contributed by atoms with E-state index in [4.69, 9.17) is 4.74 Å². The van der Waals surface area contributed by atoms with E-state index in [1.165, 1.54) is 7.11 Å². The van der Waals surface area contributed by atoms with Gasteiger partial charge in [0.15, 0.2) is 0 Å². The second-order valence-electron chi connectivity index (χ2n) is 4.52. The van der Waals surface area contributed by atoms with E-state index < -0.39 is 5.60 Å². The molecule has 0 heterocycles. The van der Waals surface area contributed by atoms with E-state index in [0.29, 0.717) is 13.0 Å². The van der Waals surface area contributed by atoms with Crippen LogP contribution in [0.3, 0.4) is 0 Å². The minimum absolute atomic E-state index is 0.0343. The number of hydrogen-bond donors (Lipinski definition) is 1. The van der Waals surface area contributed by atoms with Crippen molar-refractivity contribution in [3.8, 4) is 0 Å². The lowest BCUT2D eigenvalue weighted by molar-refractivity contribution is -0.145. The molecule has 1 N–H and O–H groups in total. The van der Waals surface area contributed by atoms with Gasteiger partial charge in [-0.05, 0) is 26.2 Å². The molecule has 0 aliphatic rings. The molecule has 0 saturated carbocycles. The van der Waals surface area contributed by atoms with E-state index in [1.54, 1.807) is 6.08 Å². The molecule has 0 saturated heterocycles. The lowest BCUT2D eigenvalue weighted by atomic mass is 9.96. The number of esters is 1. The van der Waals surface area contributed by atoms with Crippen molar-refractivity contribution >= 4 is 5.97 Å². The van der Waals surface area contributed by atoms with Gasteiger partial charge in [-0.1, -0.05) is 13.0 Å². The highest BCUT2D eigenvalue weighted by atomic mass is 16.5. The molecule has 0 aliphatic heterocycles. The molecule has 0 rings (SSSR count). The van der Waals surface area contributed by atoms with Crippen LogP contribution in [0.5, 0.6) is 0 Å². The summed E-state index contributed by atoms with van der Waals surface area (Å²) >= 11 is 0. The van der Waals surface area contributed by atoms with Crippen LogP contribution in [-0.2, 0) is 14.3 Å². The molecule has 0 spiro atoms. The number of carbonyl (C=O) groups is 1. The SMILES string of the molecule is C=CCO[C@](C)(CO)CCC[C@@H](C)C(=O)OC. The summed E-state index contributed by atoms with van der Waals surface area (Å²) in [4.78, 5) is 11.2. The van der Waals surface area contributed by atoms with Crippen molar-refractivity contribution in [2.24, 2.45) is 5.92 Å². The van der Waals surface area contributed by atoms with Crippen LogP contribution in [0.1, 0.15) is 33.1 Å². The van der Waals surface area contributed by atoms with Crippen LogP contribution in [0, 0.1) is 5.92 Å². The van der Waals surface area contributed by atoms with Gasteiger partial charge in [0.2, 0.25) is 0 Å². The summed E-state index contributed by atoms with van der Waals surface area (Å²) in [5.41, 5.74) is -0.552. The van der Waals surface area contributed by atoms with Crippen molar-refractivity contribution in [3.05, 3.63) is 12.7 Å². The van der Waals surface area contributed by atoms with E-state index in [1.807, 2.05) is 13.8 Å². The molecule has 0 bridgehead atoms. The number of carbonyl (C=O) groups excluding carboxylic acids is 1. The van der Waals surface area contributed by atoms with Crippen molar-refractivity contribution in [2.45, 2.75) is 38.7 Å². The van der Waals surface area contributed by atoms with E-state index in [9.17, 15) is 9.90 Å². The Labute approximate surface area is 104 Å². The van der Waals surface area contributed by atoms with E-state index in [0.717, 1.165) is 12.8 Å². The highest BCUT2D eigenvalue weighted by Crippen LogP contribution is 2.20. The maximum atomic E-state index is 11.2. The monoisotopic (exact) mass is 244 g/mol. The molecule has 0 aromatic heterocycles. The molecule has 0 amide bonds. The zero-order valence-corrected chi connectivity index (χ0v) is 11.1. The zero-order valence-electron chi connectivity index (χ0n) is 11.1. The number of methoxy groups -OCH3 is 1. The fraction of sp³-hybridized carbons (Fsp3) is 0.769. The lowest BCUT2D eigenvalue weighted by Crippen LogP contribution is -2.33. The lowest BCUT2D eigenvalue weighted by Gasteiger charge is -2.27. The Morgan fingerprint density at radius 3 is 2.71 bits per heavy atom. The number of aliphatic hydroxyl groups is 1. The fourth-order valence-corrected chi connectivity index (χ4v) is 1.56. The van der Waals surface area contributed by atoms with Crippen LogP contribution < -0.4 is 0 Å². The van der Waals surface area contributed by atoms with Gasteiger partial charge in [-0.2, -0.15) is 0 Å². The van der Waals surface area contributed by atoms with Crippen LogP contribution >= 0.6 is 0 Å². The summed E-state index contributed by atoms with van der Waals surface area (Å²) in [6, 6.07) is 0. The number of hydrogen-bond acceptors (Lipinski definition) is 4. The third-order valence-electron chi connectivity index (χ3n) is 2.83. The second-order valence-corrected chi connectivity index (χ2v) is 4.52. The van der Waals surface area contributed by atoms with Gasteiger partial charge in [0.25, 0.3) is 0 Å². The minimum atomic E-state index is -0.552. The van der Waals surface area contributed by atoms with Crippen LogP contribution in [-0.4, -0.2) is 37.0 Å². The first kappa shape index (κ1) is 16.1. The molecule has 0 fully saturated rings. The predicted molar refractivity (Wildman–Crippen MR) is 66.7 cm³/mol. The highest BCUT2D eigenvalue weighted by molar-refractivity contribution is 5.71. The number of ether oxygens (including phenoxy) is 2. The third-order valence-corrected chi connectivity index (χ3v) is 2.83. The largest absolute Gasteiger partial charge is 0.469 e. The molecular weight excluding hydrogens is 220 g/mol. The quantitative estimate of drug-likeness (QED) is 0.497. The minimum Gasteiger partial charge on any atom is -0.469 e. The maximum absolute atomic E-state index is 11.2. The molecule has 4 heteroatoms. The Bertz CT molecular complexity index is 240. The summed E-state index contributed by atoms with van der Waals surface area (Å²) in [5.74, 6) is -0.301. The molecular formula is C13H24O4. The molecule has 0 unspecified atom stereocenters. The van der Waals surface area contributed by atoms with Crippen molar-refractivity contribution in [3.63, 3.8) is 0 Å². The van der Waals surface area contributed by atoms with Gasteiger partial charge in [0.1, 0.15) is 0 Å². The first-order chi connectivity index (χ1) is 7.99. The molecule has 17 heavy (non-hydrogen) atoms. The van der Waals surface area contributed by atoms with E-state index >= 15 is 0 Å². The second kappa shape index (κ2) is 8.25. The van der Waals surface area contributed by atoms with Gasteiger partial charge in [-0.3, -0.25) is 4.79 Å². The van der Waals surface area contributed by atoms with Crippen molar-refractivity contribution in [1.82, 2.24) is 0 Å². The number of aliphatic hydroxyl groups excluding tert-OH is 1. The van der Waals surface area contributed by atoms with Crippen LogP contribution in [0.4, 0.5) is 0 Å². The summed E-state index contributed by atoms with van der Waals surface area (Å²) in [6.45, 7) is 7.66. The Morgan fingerprint density at radius 2 is 2.24 bits per heavy atom. The summed E-state index contributed by atoms with van der Waals surface area (Å²) in [5, 5.41) is 9.28. The average molecular weight is 244 g/mol. The molecule has 0 radical (unpaired) electrons. The topological polar surface area (TPSA) is 55.8 Å². The van der Waals surface area contributed by atoms with Gasteiger partial charge in [0, 0.05) is 0 Å². The fourth-order valence-electron chi connectivity index (χ4n) is 1.56. The van der Waals surface area contributed by atoms with Gasteiger partial charge in [0.05, 0.1) is 31.8 Å². The van der Waals surface area contributed by atoms with Crippen molar-refractivity contribution < 1.29 is 19.4 Å². The van der Waals surface area contributed by atoms with Gasteiger partial charge in [-0.15, -0.1) is 6.58 Å². The Balaban J connectivity index is 3.98. The van der Waals surface area contributed by atoms with Gasteiger partial charge >= 0.3 is 5.97 Å². The average Bonchev–Trinajstić information content (AvgIpc) is 2.35. The molecule has 0 aliphatic carbocycles. The normalized spacial score (nSPS) is 16.0. The Hall–Kier alpha value is -0.870. The Morgan fingerprint density at radius 1 is 1.59 bits per heavy atom. The Kier molecular flexibility index (Phi) is 7.83. The highest BCUT2D eigenvalue weighted by Gasteiger charge is 2.24. The first-order valence-corrected chi connectivity index (χ1v) is 5.92. The third kappa shape index (κ3) is 6.44. The van der Waals surface area contributed by atoms with Crippen molar-refractivity contribution in [2.75, 3.05) is 20.3 Å². The summed E-state index contributed by atoms with van der Waals surface area (Å²) in [7, 11) is 1.39. The van der Waals surface area contributed by atoms with E-state index in [2.05, 4.69) is 11.3 Å². The molecule has 0 aromatic rings. The zero-order chi connectivity index (χ0) is 13.3. The van der Waals surface area contributed by atoms with Crippen molar-refractivity contribution in [1.29, 1.82) is 0 Å². The van der Waals surface area contributed by atoms with Crippen LogP contribution in [0.2, 0.25) is 0 Å². The summed E-state index contributed by atoms with van der Waals surface area (Å²) < 4.78 is 10.2. The molecule has 0 aromatic carbocycles. The van der Waals surface area contributed by atoms with Crippen LogP contribution in [0.15, 0.2) is 12.7 Å². The summed E-state index contributed by atoms with van der Waals surface area (Å²) in [6.07, 6.45) is 3.91. The molecule has 4 nitrogen and oxygen atoms in total. The number of rotatable bonds is 9. The maximum Gasteiger partial charge on any atom is 0.308 e. The standard InChI is InChI=1S/C13H24O4/c1-5-9-17-13(3,10-14)8-6-7-11(2)12(15)16-4/h5,11,14H,1,6-10H2,2-4H3/t11-,13+/m1/s1. The first-order valence-electron chi connectivity index (χ1n) is 5.92. The predicted octanol–water partition coefficient (Wildman–Crippen LogP) is 1.92. The van der Waals surface area contributed by atoms with E-state index in [-0.39, 0.29) is 18.5 Å².